The normalized spacial score (nSPS) is 10.7. The Labute approximate surface area is 134 Å². The highest BCUT2D eigenvalue weighted by Gasteiger charge is 2.07. The molecule has 5 heteroatoms. The van der Waals surface area contributed by atoms with Crippen molar-refractivity contribution in [2.45, 2.75) is 19.8 Å². The predicted molar refractivity (Wildman–Crippen MR) is 87.7 cm³/mol. The van der Waals surface area contributed by atoms with Gasteiger partial charge in [0.15, 0.2) is 0 Å². The largest absolute Gasteiger partial charge is 0.478 e. The lowest BCUT2D eigenvalue weighted by Crippen LogP contribution is -1.98. The fraction of sp³-hybridized carbons (Fsp3) is 0.167. The van der Waals surface area contributed by atoms with Gasteiger partial charge in [-0.25, -0.2) is 9.48 Å². The molecule has 0 spiro atoms. The standard InChI is InChI=1S/C18H17N3O2/c1-2-3-13-4-6-14(7-5-13)17-12-21(20-19-17)16-10-8-15(9-11-16)18(22)23/h4-12H,2-3H2,1H3,(H,22,23). The predicted octanol–water partition coefficient (Wildman–Crippen LogP) is 3.59. The third kappa shape index (κ3) is 3.29. The van der Waals surface area contributed by atoms with E-state index in [4.69, 9.17) is 5.11 Å². The molecule has 5 nitrogen and oxygen atoms in total. The van der Waals surface area contributed by atoms with Gasteiger partial charge in [0.1, 0.15) is 5.69 Å². The number of benzene rings is 2. The minimum atomic E-state index is -0.942. The maximum absolute atomic E-state index is 10.9. The third-order valence-corrected chi connectivity index (χ3v) is 3.66. The highest BCUT2D eigenvalue weighted by atomic mass is 16.4. The first-order chi connectivity index (χ1) is 11.2. The van der Waals surface area contributed by atoms with Gasteiger partial charge in [0.05, 0.1) is 17.4 Å². The smallest absolute Gasteiger partial charge is 0.335 e. The molecule has 0 saturated carbocycles. The number of aryl methyl sites for hydroxylation is 1. The van der Waals surface area contributed by atoms with Crippen molar-refractivity contribution in [1.82, 2.24) is 15.0 Å². The molecular weight excluding hydrogens is 290 g/mol. The van der Waals surface area contributed by atoms with Crippen LogP contribution in [0.3, 0.4) is 0 Å². The minimum absolute atomic E-state index is 0.251. The minimum Gasteiger partial charge on any atom is -0.478 e. The second-order valence-electron chi connectivity index (χ2n) is 5.35. The number of aromatic carboxylic acids is 1. The van der Waals surface area contributed by atoms with E-state index in [0.29, 0.717) is 0 Å². The van der Waals surface area contributed by atoms with Crippen molar-refractivity contribution in [1.29, 1.82) is 0 Å². The highest BCUT2D eigenvalue weighted by Crippen LogP contribution is 2.19. The van der Waals surface area contributed by atoms with Gasteiger partial charge < -0.3 is 5.11 Å². The average Bonchev–Trinajstić information content (AvgIpc) is 3.06. The van der Waals surface area contributed by atoms with Gasteiger partial charge in [-0.1, -0.05) is 42.8 Å². The summed E-state index contributed by atoms with van der Waals surface area (Å²) in [5.74, 6) is -0.942. The molecule has 116 valence electrons. The summed E-state index contributed by atoms with van der Waals surface area (Å²) in [6.45, 7) is 2.16. The molecule has 0 atom stereocenters. The van der Waals surface area contributed by atoms with Gasteiger partial charge in [0, 0.05) is 5.56 Å². The van der Waals surface area contributed by atoms with Gasteiger partial charge in [-0.3, -0.25) is 0 Å². The Kier molecular flexibility index (Phi) is 4.19. The van der Waals surface area contributed by atoms with Crippen LogP contribution in [-0.2, 0) is 6.42 Å². The Morgan fingerprint density at radius 2 is 1.78 bits per heavy atom. The van der Waals surface area contributed by atoms with Crippen LogP contribution in [-0.4, -0.2) is 26.1 Å². The van der Waals surface area contributed by atoms with Crippen molar-refractivity contribution >= 4 is 5.97 Å². The fourth-order valence-electron chi connectivity index (χ4n) is 2.41. The Hall–Kier alpha value is -2.95. The summed E-state index contributed by atoms with van der Waals surface area (Å²) in [5.41, 5.74) is 4.14. The van der Waals surface area contributed by atoms with Crippen molar-refractivity contribution < 1.29 is 9.90 Å². The molecule has 0 aliphatic rings. The average molecular weight is 307 g/mol. The molecule has 0 unspecified atom stereocenters. The number of carboxylic acids is 1. The van der Waals surface area contributed by atoms with E-state index in [1.54, 1.807) is 28.9 Å². The first-order valence-corrected chi connectivity index (χ1v) is 7.53. The molecule has 3 rings (SSSR count). The summed E-state index contributed by atoms with van der Waals surface area (Å²) in [4.78, 5) is 10.9. The molecule has 2 aromatic carbocycles. The zero-order valence-corrected chi connectivity index (χ0v) is 12.8. The maximum atomic E-state index is 10.9. The monoisotopic (exact) mass is 307 g/mol. The lowest BCUT2D eigenvalue weighted by atomic mass is 10.1. The molecule has 0 aliphatic heterocycles. The van der Waals surface area contributed by atoms with Crippen LogP contribution >= 0.6 is 0 Å². The van der Waals surface area contributed by atoms with Crippen molar-refractivity contribution in [3.63, 3.8) is 0 Å². The van der Waals surface area contributed by atoms with E-state index in [1.807, 2.05) is 18.3 Å². The second kappa shape index (κ2) is 6.44. The number of carboxylic acid groups (broad SMARTS) is 1. The summed E-state index contributed by atoms with van der Waals surface area (Å²) in [6, 6.07) is 14.9. The number of nitrogens with zero attached hydrogens (tertiary/aromatic N) is 3. The molecule has 3 aromatic rings. The molecule has 0 amide bonds. The zero-order chi connectivity index (χ0) is 16.2. The second-order valence-corrected chi connectivity index (χ2v) is 5.35. The Balaban J connectivity index is 1.83. The van der Waals surface area contributed by atoms with Crippen LogP contribution in [0.5, 0.6) is 0 Å². The Morgan fingerprint density at radius 3 is 2.39 bits per heavy atom. The quantitative estimate of drug-likeness (QED) is 0.782. The lowest BCUT2D eigenvalue weighted by Gasteiger charge is -2.01. The van der Waals surface area contributed by atoms with E-state index in [-0.39, 0.29) is 5.56 Å². The Morgan fingerprint density at radius 1 is 1.09 bits per heavy atom. The third-order valence-electron chi connectivity index (χ3n) is 3.66. The van der Waals surface area contributed by atoms with Crippen LogP contribution in [0.4, 0.5) is 0 Å². The van der Waals surface area contributed by atoms with E-state index >= 15 is 0 Å². The van der Waals surface area contributed by atoms with Gasteiger partial charge in [-0.2, -0.15) is 0 Å². The topological polar surface area (TPSA) is 68.0 Å². The van der Waals surface area contributed by atoms with Crippen molar-refractivity contribution in [3.8, 4) is 16.9 Å². The Bertz CT molecular complexity index is 805. The SMILES string of the molecule is CCCc1ccc(-c2cn(-c3ccc(C(=O)O)cc3)nn2)cc1. The number of carbonyl (C=O) groups is 1. The van der Waals surface area contributed by atoms with Crippen LogP contribution in [0.1, 0.15) is 29.3 Å². The number of rotatable bonds is 5. The van der Waals surface area contributed by atoms with Crippen LogP contribution in [0.25, 0.3) is 16.9 Å². The first kappa shape index (κ1) is 15.0. The molecule has 0 saturated heterocycles. The molecule has 0 fully saturated rings. The van der Waals surface area contributed by atoms with E-state index < -0.39 is 5.97 Å². The number of hydrogen-bond acceptors (Lipinski definition) is 3. The van der Waals surface area contributed by atoms with Gasteiger partial charge in [0.25, 0.3) is 0 Å². The molecule has 0 aliphatic carbocycles. The van der Waals surface area contributed by atoms with Crippen LogP contribution in [0.15, 0.2) is 54.7 Å². The van der Waals surface area contributed by atoms with E-state index in [1.165, 1.54) is 5.56 Å². The van der Waals surface area contributed by atoms with Crippen LogP contribution in [0, 0.1) is 0 Å². The zero-order valence-electron chi connectivity index (χ0n) is 12.8. The van der Waals surface area contributed by atoms with Crippen molar-refractivity contribution in [2.24, 2.45) is 0 Å². The molecule has 0 radical (unpaired) electrons. The van der Waals surface area contributed by atoms with E-state index in [9.17, 15) is 4.79 Å². The summed E-state index contributed by atoms with van der Waals surface area (Å²) < 4.78 is 1.64. The number of hydrogen-bond donors (Lipinski definition) is 1. The summed E-state index contributed by atoms with van der Waals surface area (Å²) >= 11 is 0. The summed E-state index contributed by atoms with van der Waals surface area (Å²) in [6.07, 6.45) is 4.04. The van der Waals surface area contributed by atoms with Crippen LogP contribution in [0.2, 0.25) is 0 Å². The van der Waals surface area contributed by atoms with E-state index in [2.05, 4.69) is 29.4 Å². The molecule has 1 N–H and O–H groups in total. The molecular formula is C18H17N3O2. The molecule has 0 bridgehead atoms. The maximum Gasteiger partial charge on any atom is 0.335 e. The van der Waals surface area contributed by atoms with Crippen molar-refractivity contribution in [3.05, 3.63) is 65.9 Å². The van der Waals surface area contributed by atoms with Gasteiger partial charge in [-0.05, 0) is 36.2 Å². The highest BCUT2D eigenvalue weighted by molar-refractivity contribution is 5.87. The first-order valence-electron chi connectivity index (χ1n) is 7.53. The fourth-order valence-corrected chi connectivity index (χ4v) is 2.41. The molecule has 1 heterocycles. The summed E-state index contributed by atoms with van der Waals surface area (Å²) in [7, 11) is 0. The van der Waals surface area contributed by atoms with Gasteiger partial charge >= 0.3 is 5.97 Å². The van der Waals surface area contributed by atoms with Gasteiger partial charge in [0.2, 0.25) is 0 Å². The van der Waals surface area contributed by atoms with E-state index in [0.717, 1.165) is 29.8 Å². The molecule has 23 heavy (non-hydrogen) atoms. The van der Waals surface area contributed by atoms with Gasteiger partial charge in [-0.15, -0.1) is 5.10 Å². The summed E-state index contributed by atoms with van der Waals surface area (Å²) in [5, 5.41) is 17.2. The molecule has 1 aromatic heterocycles. The van der Waals surface area contributed by atoms with Crippen molar-refractivity contribution in [2.75, 3.05) is 0 Å². The lowest BCUT2D eigenvalue weighted by molar-refractivity contribution is 0.0697. The van der Waals surface area contributed by atoms with Crippen LogP contribution < -0.4 is 0 Å². The number of aromatic nitrogens is 3.